The third kappa shape index (κ3) is 3.65. The third-order valence-corrected chi connectivity index (χ3v) is 5.56. The Hall–Kier alpha value is -3.28. The Kier molecular flexibility index (Phi) is 5.02. The summed E-state index contributed by atoms with van der Waals surface area (Å²) >= 11 is 0. The van der Waals surface area contributed by atoms with E-state index >= 15 is 0 Å². The van der Waals surface area contributed by atoms with E-state index in [9.17, 15) is 8.78 Å². The van der Waals surface area contributed by atoms with Gasteiger partial charge in [-0.3, -0.25) is 0 Å². The first-order valence-electron chi connectivity index (χ1n) is 9.92. The van der Waals surface area contributed by atoms with Crippen LogP contribution in [0.4, 0.5) is 8.78 Å². The lowest BCUT2D eigenvalue weighted by atomic mass is 9.79. The van der Waals surface area contributed by atoms with Crippen LogP contribution in [0.2, 0.25) is 0 Å². The Labute approximate surface area is 174 Å². The molecule has 2 heterocycles. The molecule has 30 heavy (non-hydrogen) atoms. The largest absolute Gasteiger partial charge is 0.241 e. The minimum absolute atomic E-state index is 0.313. The highest BCUT2D eigenvalue weighted by Gasteiger charge is 2.26. The average molecular weight is 406 g/mol. The second-order valence-electron chi connectivity index (χ2n) is 8.32. The van der Waals surface area contributed by atoms with Gasteiger partial charge in [-0.1, -0.05) is 39.8 Å². The van der Waals surface area contributed by atoms with Crippen LogP contribution >= 0.6 is 0 Å². The van der Waals surface area contributed by atoms with Gasteiger partial charge >= 0.3 is 0 Å². The highest BCUT2D eigenvalue weighted by Crippen LogP contribution is 2.33. The lowest BCUT2D eigenvalue weighted by Crippen LogP contribution is -2.19. The van der Waals surface area contributed by atoms with Gasteiger partial charge in [-0.25, -0.2) is 18.1 Å². The molecule has 0 N–H and O–H groups in total. The second kappa shape index (κ2) is 7.52. The average Bonchev–Trinajstić information content (AvgIpc) is 3.39. The maximum absolute atomic E-state index is 14.6. The van der Waals surface area contributed by atoms with Gasteiger partial charge in [0, 0.05) is 23.4 Å². The molecule has 0 unspecified atom stereocenters. The first-order valence-corrected chi connectivity index (χ1v) is 9.92. The number of aromatic nitrogens is 4. The summed E-state index contributed by atoms with van der Waals surface area (Å²) in [7, 11) is 0. The molecule has 0 amide bonds. The van der Waals surface area contributed by atoms with E-state index < -0.39 is 5.41 Å². The van der Waals surface area contributed by atoms with Crippen molar-refractivity contribution in [2.75, 3.05) is 0 Å². The number of nitrogens with zero attached hydrogens (tertiary/aromatic N) is 4. The van der Waals surface area contributed by atoms with Crippen LogP contribution in [-0.4, -0.2) is 19.6 Å². The summed E-state index contributed by atoms with van der Waals surface area (Å²) < 4.78 is 31.4. The summed E-state index contributed by atoms with van der Waals surface area (Å²) in [5.74, 6) is -0.328. The topological polar surface area (TPSA) is 35.6 Å². The minimum Gasteiger partial charge on any atom is -0.241 e. The number of rotatable bonds is 5. The fraction of sp³-hybridized carbons (Fsp3) is 0.250. The lowest BCUT2D eigenvalue weighted by Gasteiger charge is -2.24. The summed E-state index contributed by atoms with van der Waals surface area (Å²) in [4.78, 5) is 0. The molecule has 0 aliphatic rings. The third-order valence-electron chi connectivity index (χ3n) is 5.56. The molecule has 0 aliphatic heterocycles. The summed E-state index contributed by atoms with van der Waals surface area (Å²) in [5.41, 5.74) is 3.53. The Morgan fingerprint density at radius 3 is 2.33 bits per heavy atom. The lowest BCUT2D eigenvalue weighted by molar-refractivity contribution is 0.599. The Bertz CT molecular complexity index is 1190. The molecular weight excluding hydrogens is 382 g/mol. The highest BCUT2D eigenvalue weighted by molar-refractivity contribution is 5.45. The monoisotopic (exact) mass is 406 g/mol. The van der Waals surface area contributed by atoms with Gasteiger partial charge in [-0.15, -0.1) is 0 Å². The Balaban J connectivity index is 1.71. The van der Waals surface area contributed by atoms with Gasteiger partial charge in [-0.2, -0.15) is 10.2 Å². The molecule has 154 valence electrons. The number of hydrogen-bond donors (Lipinski definition) is 0. The van der Waals surface area contributed by atoms with Crippen LogP contribution in [0.3, 0.4) is 0 Å². The van der Waals surface area contributed by atoms with Gasteiger partial charge in [0.05, 0.1) is 18.1 Å². The highest BCUT2D eigenvalue weighted by atomic mass is 19.1. The van der Waals surface area contributed by atoms with Crippen LogP contribution in [0.15, 0.2) is 67.3 Å². The zero-order valence-corrected chi connectivity index (χ0v) is 17.5. The molecule has 6 heteroatoms. The molecule has 4 rings (SSSR count). The molecule has 0 saturated carbocycles. The van der Waals surface area contributed by atoms with Crippen molar-refractivity contribution in [3.63, 3.8) is 0 Å². The number of hydrogen-bond acceptors (Lipinski definition) is 2. The number of benzene rings is 2. The molecule has 4 nitrogen and oxygen atoms in total. The molecule has 0 radical (unpaired) electrons. The SMILES string of the molecule is CC(C)c1cnn(-c2cc(C(C)(C)c3cnn(-c4cccc(F)c4)c3)ccc2F)c1. The van der Waals surface area contributed by atoms with Gasteiger partial charge < -0.3 is 0 Å². The van der Waals surface area contributed by atoms with E-state index in [1.54, 1.807) is 40.0 Å². The van der Waals surface area contributed by atoms with Crippen LogP contribution in [0.5, 0.6) is 0 Å². The zero-order chi connectivity index (χ0) is 21.5. The molecule has 2 aromatic carbocycles. The van der Waals surface area contributed by atoms with Crippen LogP contribution in [0.1, 0.15) is 50.3 Å². The quantitative estimate of drug-likeness (QED) is 0.421. The summed E-state index contributed by atoms with van der Waals surface area (Å²) in [6.07, 6.45) is 7.27. The van der Waals surface area contributed by atoms with Gasteiger partial charge in [0.25, 0.3) is 0 Å². The number of halogens is 2. The first-order chi connectivity index (χ1) is 14.3. The van der Waals surface area contributed by atoms with Gasteiger partial charge in [0.15, 0.2) is 0 Å². The standard InChI is InChI=1S/C24H24F2N4/c1-16(2)17-12-27-30(14-17)23-10-18(8-9-22(23)26)24(3,4)19-13-28-29(15-19)21-7-5-6-20(25)11-21/h5-16H,1-4H3. The van der Waals surface area contributed by atoms with Crippen molar-refractivity contribution in [1.29, 1.82) is 0 Å². The predicted molar refractivity (Wildman–Crippen MR) is 113 cm³/mol. The Morgan fingerprint density at radius 2 is 1.63 bits per heavy atom. The smallest absolute Gasteiger partial charge is 0.148 e. The van der Waals surface area contributed by atoms with Crippen LogP contribution in [0, 0.1) is 11.6 Å². The predicted octanol–water partition coefficient (Wildman–Crippen LogP) is 5.79. The summed E-state index contributed by atoms with van der Waals surface area (Å²) in [6, 6.07) is 11.4. The maximum atomic E-state index is 14.6. The van der Waals surface area contributed by atoms with Crippen molar-refractivity contribution in [2.45, 2.75) is 39.0 Å². The molecule has 0 aliphatic carbocycles. The molecule has 4 aromatic rings. The van der Waals surface area contributed by atoms with E-state index in [4.69, 9.17) is 0 Å². The van der Waals surface area contributed by atoms with Crippen molar-refractivity contribution in [3.05, 3.63) is 95.6 Å². The van der Waals surface area contributed by atoms with Crippen LogP contribution < -0.4 is 0 Å². The van der Waals surface area contributed by atoms with Crippen molar-refractivity contribution in [2.24, 2.45) is 0 Å². The van der Waals surface area contributed by atoms with Crippen LogP contribution in [-0.2, 0) is 5.41 Å². The van der Waals surface area contributed by atoms with E-state index in [-0.39, 0.29) is 11.6 Å². The zero-order valence-electron chi connectivity index (χ0n) is 17.5. The van der Waals surface area contributed by atoms with Gasteiger partial charge in [0.1, 0.15) is 17.3 Å². The van der Waals surface area contributed by atoms with E-state index in [0.29, 0.717) is 17.3 Å². The molecule has 0 bridgehead atoms. The van der Waals surface area contributed by atoms with Crippen LogP contribution in [0.25, 0.3) is 11.4 Å². The molecule has 0 fully saturated rings. The van der Waals surface area contributed by atoms with Crippen molar-refractivity contribution in [1.82, 2.24) is 19.6 Å². The second-order valence-corrected chi connectivity index (χ2v) is 8.32. The molecule has 0 spiro atoms. The molecule has 0 atom stereocenters. The summed E-state index contributed by atoms with van der Waals surface area (Å²) in [6.45, 7) is 8.26. The van der Waals surface area contributed by atoms with E-state index in [1.807, 2.05) is 18.5 Å². The van der Waals surface area contributed by atoms with Crippen molar-refractivity contribution in [3.8, 4) is 11.4 Å². The normalized spacial score (nSPS) is 12.0. The van der Waals surface area contributed by atoms with Gasteiger partial charge in [-0.05, 0) is 47.4 Å². The Morgan fingerprint density at radius 1 is 0.867 bits per heavy atom. The van der Waals surface area contributed by atoms with Gasteiger partial charge in [0.2, 0.25) is 0 Å². The van der Waals surface area contributed by atoms with E-state index in [1.165, 1.54) is 18.2 Å². The minimum atomic E-state index is -0.442. The fourth-order valence-corrected chi connectivity index (χ4v) is 3.42. The fourth-order valence-electron chi connectivity index (χ4n) is 3.42. The van der Waals surface area contributed by atoms with Crippen molar-refractivity contribution < 1.29 is 8.78 Å². The van der Waals surface area contributed by atoms with Crippen molar-refractivity contribution >= 4 is 0 Å². The van der Waals surface area contributed by atoms with E-state index in [0.717, 1.165) is 16.7 Å². The first kappa shape index (κ1) is 20.0. The molecular formula is C24H24F2N4. The molecule has 0 saturated heterocycles. The van der Waals surface area contributed by atoms with E-state index in [2.05, 4.69) is 37.9 Å². The maximum Gasteiger partial charge on any atom is 0.148 e. The molecule has 2 aromatic heterocycles. The summed E-state index contributed by atoms with van der Waals surface area (Å²) in [5, 5.41) is 8.74.